The molecular weight excluding hydrogens is 262 g/mol. The second kappa shape index (κ2) is 7.04. The van der Waals surface area contributed by atoms with Crippen LogP contribution in [0.5, 0.6) is 5.75 Å². The first kappa shape index (κ1) is 15.3. The second-order valence-electron chi connectivity index (χ2n) is 5.23. The summed E-state index contributed by atoms with van der Waals surface area (Å²) in [6.07, 6.45) is 0. The molecule has 2 aromatic carbocycles. The van der Waals surface area contributed by atoms with Crippen LogP contribution in [0, 0.1) is 0 Å². The van der Waals surface area contributed by atoms with E-state index in [1.54, 1.807) is 14.0 Å². The zero-order valence-corrected chi connectivity index (χ0v) is 12.8. The van der Waals surface area contributed by atoms with E-state index >= 15 is 0 Å². The highest BCUT2D eigenvalue weighted by molar-refractivity contribution is 5.97. The average molecular weight is 284 g/mol. The molecule has 2 aromatic rings. The third kappa shape index (κ3) is 3.92. The van der Waals surface area contributed by atoms with Gasteiger partial charge in [-0.1, -0.05) is 30.3 Å². The summed E-state index contributed by atoms with van der Waals surface area (Å²) in [5.41, 5.74) is 3.08. The highest BCUT2D eigenvalue weighted by Gasteiger charge is 2.11. The van der Waals surface area contributed by atoms with Crippen LogP contribution in [-0.2, 0) is 6.54 Å². The summed E-state index contributed by atoms with van der Waals surface area (Å²) in [5, 5.41) is 2.26. The van der Waals surface area contributed by atoms with Crippen LogP contribution in [-0.4, -0.2) is 12.9 Å². The van der Waals surface area contributed by atoms with Crippen molar-refractivity contribution in [2.75, 3.05) is 7.11 Å². The van der Waals surface area contributed by atoms with Gasteiger partial charge in [-0.25, -0.2) is 0 Å². The summed E-state index contributed by atoms with van der Waals surface area (Å²) >= 11 is 0. The number of Topliss-reactive ketones (excluding diaryl/α,β-unsaturated/α-hetero) is 1. The number of hydrogen-bond acceptors (Lipinski definition) is 2. The van der Waals surface area contributed by atoms with Gasteiger partial charge in [-0.3, -0.25) is 4.79 Å². The van der Waals surface area contributed by atoms with Gasteiger partial charge in [0.15, 0.2) is 5.78 Å². The van der Waals surface area contributed by atoms with Gasteiger partial charge in [0.05, 0.1) is 12.7 Å². The van der Waals surface area contributed by atoms with Crippen molar-refractivity contribution in [3.63, 3.8) is 0 Å². The summed E-state index contributed by atoms with van der Waals surface area (Å²) < 4.78 is 5.23. The normalized spacial score (nSPS) is 12.0. The van der Waals surface area contributed by atoms with Crippen LogP contribution in [0.2, 0.25) is 0 Å². The average Bonchev–Trinajstić information content (AvgIpc) is 2.53. The first-order chi connectivity index (χ1) is 10.1. The molecule has 2 N–H and O–H groups in total. The smallest absolute Gasteiger partial charge is 0.163 e. The van der Waals surface area contributed by atoms with E-state index in [0.29, 0.717) is 17.4 Å². The molecule has 0 saturated carbocycles. The molecule has 0 heterocycles. The van der Waals surface area contributed by atoms with Crippen LogP contribution < -0.4 is 10.1 Å². The van der Waals surface area contributed by atoms with Crippen molar-refractivity contribution in [1.82, 2.24) is 0 Å². The van der Waals surface area contributed by atoms with Gasteiger partial charge in [0.1, 0.15) is 18.3 Å². The lowest BCUT2D eigenvalue weighted by atomic mass is 10.1. The van der Waals surface area contributed by atoms with Crippen molar-refractivity contribution < 1.29 is 14.8 Å². The summed E-state index contributed by atoms with van der Waals surface area (Å²) in [5.74, 6) is 0.673. The molecule has 3 nitrogen and oxygen atoms in total. The van der Waals surface area contributed by atoms with Gasteiger partial charge >= 0.3 is 0 Å². The molecule has 1 atom stereocenters. The number of carbonyl (C=O) groups excluding carboxylic acids is 1. The van der Waals surface area contributed by atoms with Gasteiger partial charge < -0.3 is 10.1 Å². The zero-order valence-electron chi connectivity index (χ0n) is 12.8. The standard InChI is InChI=1S/C18H21NO2/c1-13(16-7-5-4-6-8-16)19-12-15-9-10-18(21-3)17(11-15)14(2)20/h4-11,13,19H,12H2,1-3H3/p+1/t13-/m1/s1. The maximum absolute atomic E-state index is 11.6. The molecule has 0 aliphatic heterocycles. The molecule has 0 saturated heterocycles. The third-order valence-corrected chi connectivity index (χ3v) is 3.68. The molecule has 0 aliphatic rings. The van der Waals surface area contributed by atoms with E-state index in [0.717, 1.165) is 12.1 Å². The van der Waals surface area contributed by atoms with Gasteiger partial charge in [-0.05, 0) is 32.0 Å². The largest absolute Gasteiger partial charge is 0.496 e. The van der Waals surface area contributed by atoms with Gasteiger partial charge in [0.2, 0.25) is 0 Å². The Morgan fingerprint density at radius 1 is 1.19 bits per heavy atom. The number of benzene rings is 2. The maximum atomic E-state index is 11.6. The molecule has 0 aliphatic carbocycles. The van der Waals surface area contributed by atoms with Crippen molar-refractivity contribution in [1.29, 1.82) is 0 Å². The molecule has 0 unspecified atom stereocenters. The Morgan fingerprint density at radius 2 is 1.90 bits per heavy atom. The Morgan fingerprint density at radius 3 is 2.52 bits per heavy atom. The molecule has 110 valence electrons. The quantitative estimate of drug-likeness (QED) is 0.829. The van der Waals surface area contributed by atoms with Gasteiger partial charge in [0.25, 0.3) is 0 Å². The summed E-state index contributed by atoms with van der Waals surface area (Å²) in [4.78, 5) is 11.6. The number of quaternary nitrogens is 1. The maximum Gasteiger partial charge on any atom is 0.163 e. The number of rotatable bonds is 6. The molecule has 0 aromatic heterocycles. The minimum absolute atomic E-state index is 0.0322. The van der Waals surface area contributed by atoms with Crippen molar-refractivity contribution in [2.45, 2.75) is 26.4 Å². The lowest BCUT2D eigenvalue weighted by molar-refractivity contribution is -0.707. The van der Waals surface area contributed by atoms with E-state index in [9.17, 15) is 4.79 Å². The highest BCUT2D eigenvalue weighted by Crippen LogP contribution is 2.20. The number of carbonyl (C=O) groups is 1. The van der Waals surface area contributed by atoms with E-state index in [-0.39, 0.29) is 5.78 Å². The lowest BCUT2D eigenvalue weighted by Gasteiger charge is -2.12. The van der Waals surface area contributed by atoms with E-state index in [1.807, 2.05) is 24.3 Å². The molecular formula is C18H22NO2+. The lowest BCUT2D eigenvalue weighted by Crippen LogP contribution is -2.83. The van der Waals surface area contributed by atoms with Gasteiger partial charge in [0, 0.05) is 11.1 Å². The van der Waals surface area contributed by atoms with Gasteiger partial charge in [-0.15, -0.1) is 0 Å². The van der Waals surface area contributed by atoms with E-state index in [2.05, 4.69) is 36.5 Å². The molecule has 0 bridgehead atoms. The minimum atomic E-state index is 0.0322. The van der Waals surface area contributed by atoms with Crippen LogP contribution in [0.1, 0.15) is 41.4 Å². The van der Waals surface area contributed by atoms with Crippen molar-refractivity contribution >= 4 is 5.78 Å². The second-order valence-corrected chi connectivity index (χ2v) is 5.23. The van der Waals surface area contributed by atoms with Crippen molar-refractivity contribution in [2.24, 2.45) is 0 Å². The van der Waals surface area contributed by atoms with Crippen LogP contribution in [0.15, 0.2) is 48.5 Å². The van der Waals surface area contributed by atoms with E-state index in [4.69, 9.17) is 4.74 Å². The monoisotopic (exact) mass is 284 g/mol. The van der Waals surface area contributed by atoms with Crippen LogP contribution in [0.25, 0.3) is 0 Å². The molecule has 0 fully saturated rings. The fraction of sp³-hybridized carbons (Fsp3) is 0.278. The number of hydrogen-bond donors (Lipinski definition) is 1. The van der Waals surface area contributed by atoms with E-state index in [1.165, 1.54) is 5.56 Å². The molecule has 0 radical (unpaired) electrons. The number of ether oxygens (including phenoxy) is 1. The minimum Gasteiger partial charge on any atom is -0.496 e. The highest BCUT2D eigenvalue weighted by atomic mass is 16.5. The Labute approximate surface area is 126 Å². The molecule has 3 heteroatoms. The molecule has 21 heavy (non-hydrogen) atoms. The van der Waals surface area contributed by atoms with Crippen LogP contribution in [0.3, 0.4) is 0 Å². The fourth-order valence-corrected chi connectivity index (χ4v) is 2.36. The van der Waals surface area contributed by atoms with Gasteiger partial charge in [-0.2, -0.15) is 0 Å². The SMILES string of the molecule is COc1ccc(C[NH2+][C@H](C)c2ccccc2)cc1C(C)=O. The molecule has 2 rings (SSSR count). The van der Waals surface area contributed by atoms with Crippen molar-refractivity contribution in [3.8, 4) is 5.75 Å². The van der Waals surface area contributed by atoms with E-state index < -0.39 is 0 Å². The summed E-state index contributed by atoms with van der Waals surface area (Å²) in [6, 6.07) is 16.6. The first-order valence-corrected chi connectivity index (χ1v) is 7.18. The number of ketones is 1. The predicted molar refractivity (Wildman–Crippen MR) is 83.5 cm³/mol. The Bertz CT molecular complexity index is 608. The van der Waals surface area contributed by atoms with Crippen LogP contribution >= 0.6 is 0 Å². The zero-order chi connectivity index (χ0) is 15.2. The predicted octanol–water partition coefficient (Wildman–Crippen LogP) is 2.72. The Balaban J connectivity index is 2.07. The fourth-order valence-electron chi connectivity index (χ4n) is 2.36. The number of methoxy groups -OCH3 is 1. The Kier molecular flexibility index (Phi) is 5.12. The first-order valence-electron chi connectivity index (χ1n) is 7.18. The van der Waals surface area contributed by atoms with Crippen LogP contribution in [0.4, 0.5) is 0 Å². The number of nitrogens with two attached hydrogens (primary N) is 1. The molecule has 0 amide bonds. The Hall–Kier alpha value is -2.13. The third-order valence-electron chi connectivity index (χ3n) is 3.68. The summed E-state index contributed by atoms with van der Waals surface area (Å²) in [7, 11) is 1.59. The topological polar surface area (TPSA) is 42.9 Å². The van der Waals surface area contributed by atoms with Crippen molar-refractivity contribution in [3.05, 3.63) is 65.2 Å². The molecule has 0 spiro atoms. The summed E-state index contributed by atoms with van der Waals surface area (Å²) in [6.45, 7) is 4.59.